The summed E-state index contributed by atoms with van der Waals surface area (Å²) in [4.78, 5) is 21.3. The van der Waals surface area contributed by atoms with Gasteiger partial charge in [-0.25, -0.2) is 9.97 Å². The van der Waals surface area contributed by atoms with Crippen LogP contribution in [0.4, 0.5) is 5.82 Å². The van der Waals surface area contributed by atoms with Crippen LogP contribution in [-0.2, 0) is 0 Å². The van der Waals surface area contributed by atoms with E-state index < -0.39 is 5.91 Å². The number of carbonyl (C=O) groups excluding carboxylic acids is 1. The smallest absolute Gasteiger partial charge is 0.249 e. The first-order valence-corrected chi connectivity index (χ1v) is 10.5. The lowest BCUT2D eigenvalue weighted by Gasteiger charge is -2.15. The molecule has 6 N–H and O–H groups in total. The van der Waals surface area contributed by atoms with Crippen molar-refractivity contribution in [2.75, 3.05) is 11.9 Å². The van der Waals surface area contributed by atoms with Gasteiger partial charge in [0.05, 0.1) is 11.1 Å². The maximum absolute atomic E-state index is 11.9. The number of aromatic hydroxyl groups is 1. The molecule has 0 aliphatic rings. The van der Waals surface area contributed by atoms with E-state index in [0.717, 1.165) is 22.9 Å². The summed E-state index contributed by atoms with van der Waals surface area (Å²) < 4.78 is 0. The van der Waals surface area contributed by atoms with Crippen LogP contribution in [0, 0.1) is 0 Å². The molecule has 162 valence electrons. The maximum atomic E-state index is 11.9. The Balaban J connectivity index is 1.84. The fraction of sp³-hybridized carbons (Fsp3) is 0.160. The molecule has 0 aliphatic carbocycles. The Morgan fingerprint density at radius 1 is 1.03 bits per heavy atom. The molecule has 32 heavy (non-hydrogen) atoms. The van der Waals surface area contributed by atoms with Gasteiger partial charge in [-0.3, -0.25) is 4.79 Å². The zero-order chi connectivity index (χ0) is 22.7. The highest BCUT2D eigenvalue weighted by molar-refractivity contribution is 6.00. The molecule has 3 aromatic carbocycles. The number of amides is 1. The number of aromatic nitrogens is 2. The minimum Gasteiger partial charge on any atom is -0.507 e. The maximum Gasteiger partial charge on any atom is 0.249 e. The number of benzene rings is 3. The van der Waals surface area contributed by atoms with Crippen LogP contribution in [0.3, 0.4) is 0 Å². The number of nitrogens with two attached hydrogens (primary N) is 2. The van der Waals surface area contributed by atoms with E-state index in [2.05, 4.69) is 10.3 Å². The average molecular weight is 428 g/mol. The summed E-state index contributed by atoms with van der Waals surface area (Å²) >= 11 is 0. The van der Waals surface area contributed by atoms with Crippen molar-refractivity contribution in [1.82, 2.24) is 9.97 Å². The topological polar surface area (TPSA) is 127 Å². The van der Waals surface area contributed by atoms with Gasteiger partial charge in [0.1, 0.15) is 11.6 Å². The zero-order valence-corrected chi connectivity index (χ0v) is 17.7. The molecular weight excluding hydrogens is 402 g/mol. The van der Waals surface area contributed by atoms with E-state index in [4.69, 9.17) is 16.5 Å². The predicted molar refractivity (Wildman–Crippen MR) is 127 cm³/mol. The molecule has 1 amide bonds. The van der Waals surface area contributed by atoms with Crippen LogP contribution in [0.25, 0.3) is 33.4 Å². The number of primary amides is 1. The van der Waals surface area contributed by atoms with Gasteiger partial charge in [-0.2, -0.15) is 0 Å². The van der Waals surface area contributed by atoms with Crippen molar-refractivity contribution in [3.63, 3.8) is 0 Å². The van der Waals surface area contributed by atoms with E-state index in [1.807, 2.05) is 43.3 Å². The van der Waals surface area contributed by atoms with Gasteiger partial charge in [-0.15, -0.1) is 0 Å². The molecular formula is C25H25N5O2. The Morgan fingerprint density at radius 3 is 2.56 bits per heavy atom. The van der Waals surface area contributed by atoms with Crippen molar-refractivity contribution in [3.05, 3.63) is 72.3 Å². The van der Waals surface area contributed by atoms with Crippen molar-refractivity contribution in [1.29, 1.82) is 0 Å². The molecule has 1 heterocycles. The number of hydrogen-bond acceptors (Lipinski definition) is 6. The predicted octanol–water partition coefficient (Wildman–Crippen LogP) is 3.92. The number of nitrogens with one attached hydrogen (secondary N) is 1. The number of phenols is 1. The second-order valence-corrected chi connectivity index (χ2v) is 7.60. The van der Waals surface area contributed by atoms with E-state index in [0.29, 0.717) is 34.9 Å². The highest BCUT2D eigenvalue weighted by Gasteiger charge is 2.16. The Bertz CT molecular complexity index is 1290. The number of carbonyl (C=O) groups is 1. The lowest BCUT2D eigenvalue weighted by molar-refractivity contribution is 0.100. The van der Waals surface area contributed by atoms with Crippen molar-refractivity contribution in [2.45, 2.75) is 19.4 Å². The molecule has 0 aliphatic heterocycles. The fourth-order valence-electron chi connectivity index (χ4n) is 3.54. The molecule has 0 unspecified atom stereocenters. The Labute approximate surface area is 186 Å². The third kappa shape index (κ3) is 4.24. The first-order chi connectivity index (χ1) is 15.5. The highest BCUT2D eigenvalue weighted by atomic mass is 16.3. The Hall–Kier alpha value is -3.97. The van der Waals surface area contributed by atoms with Crippen molar-refractivity contribution in [2.24, 2.45) is 11.5 Å². The summed E-state index contributed by atoms with van der Waals surface area (Å²) in [6.07, 6.45) is 0.838. The van der Waals surface area contributed by atoms with Crippen LogP contribution in [0.5, 0.6) is 5.75 Å². The van der Waals surface area contributed by atoms with Crippen molar-refractivity contribution < 1.29 is 9.90 Å². The van der Waals surface area contributed by atoms with E-state index in [9.17, 15) is 9.90 Å². The standard InChI is InChI=1S/C25H25N5O2/c1-2-16(26)14-28-24-19-9-5-6-10-21(19)29-25(30-24)20-13-15(11-12-22(20)31)17-7-3-4-8-18(17)23(27)32/h3-13,16,31H,2,14,26H2,1H3,(H2,27,32)(H,28,29,30)/t16-/m1/s1. The summed E-state index contributed by atoms with van der Waals surface area (Å²) in [7, 11) is 0. The summed E-state index contributed by atoms with van der Waals surface area (Å²) in [6, 6.07) is 19.8. The lowest BCUT2D eigenvalue weighted by Crippen LogP contribution is -2.28. The van der Waals surface area contributed by atoms with Gasteiger partial charge in [0.15, 0.2) is 5.82 Å². The summed E-state index contributed by atoms with van der Waals surface area (Å²) in [6.45, 7) is 2.60. The molecule has 0 fully saturated rings. The van der Waals surface area contributed by atoms with Crippen LogP contribution in [0.15, 0.2) is 66.7 Å². The first-order valence-electron chi connectivity index (χ1n) is 10.5. The molecule has 0 saturated carbocycles. The number of rotatable bonds is 7. The quantitative estimate of drug-likeness (QED) is 0.354. The molecule has 0 saturated heterocycles. The van der Waals surface area contributed by atoms with E-state index in [-0.39, 0.29) is 11.8 Å². The second-order valence-electron chi connectivity index (χ2n) is 7.60. The molecule has 7 heteroatoms. The van der Waals surface area contributed by atoms with E-state index in [1.165, 1.54) is 0 Å². The number of nitrogens with zero attached hydrogens (tertiary/aromatic N) is 2. The minimum atomic E-state index is -0.518. The van der Waals surface area contributed by atoms with Crippen molar-refractivity contribution in [3.8, 4) is 28.3 Å². The average Bonchev–Trinajstić information content (AvgIpc) is 2.82. The highest BCUT2D eigenvalue weighted by Crippen LogP contribution is 2.35. The molecule has 4 aromatic rings. The number of hydrogen-bond donors (Lipinski definition) is 4. The number of phenolic OH excluding ortho intramolecular Hbond substituents is 1. The molecule has 7 nitrogen and oxygen atoms in total. The molecule has 0 bridgehead atoms. The molecule has 4 rings (SSSR count). The van der Waals surface area contributed by atoms with E-state index in [1.54, 1.807) is 30.3 Å². The van der Waals surface area contributed by atoms with Crippen LogP contribution in [-0.4, -0.2) is 33.6 Å². The minimum absolute atomic E-state index is 0.00536. The zero-order valence-electron chi connectivity index (χ0n) is 17.7. The third-order valence-electron chi connectivity index (χ3n) is 5.40. The second kappa shape index (κ2) is 9.03. The van der Waals surface area contributed by atoms with Crippen LogP contribution < -0.4 is 16.8 Å². The molecule has 0 spiro atoms. The number of para-hydroxylation sites is 1. The van der Waals surface area contributed by atoms with Gasteiger partial charge in [0, 0.05) is 23.5 Å². The van der Waals surface area contributed by atoms with Crippen LogP contribution in [0.2, 0.25) is 0 Å². The monoisotopic (exact) mass is 427 g/mol. The number of fused-ring (bicyclic) bond motifs is 1. The van der Waals surface area contributed by atoms with Gasteiger partial charge >= 0.3 is 0 Å². The largest absolute Gasteiger partial charge is 0.507 e. The molecule has 1 atom stereocenters. The Morgan fingerprint density at radius 2 is 1.78 bits per heavy atom. The van der Waals surface area contributed by atoms with Crippen molar-refractivity contribution >= 4 is 22.6 Å². The Kier molecular flexibility index (Phi) is 6.00. The van der Waals surface area contributed by atoms with Crippen LogP contribution >= 0.6 is 0 Å². The summed E-state index contributed by atoms with van der Waals surface area (Å²) in [5, 5.41) is 14.8. The first kappa shape index (κ1) is 21.3. The fourth-order valence-corrected chi connectivity index (χ4v) is 3.54. The molecule has 0 radical (unpaired) electrons. The summed E-state index contributed by atoms with van der Waals surface area (Å²) in [5.41, 5.74) is 14.6. The van der Waals surface area contributed by atoms with Gasteiger partial charge in [-0.1, -0.05) is 43.3 Å². The summed E-state index contributed by atoms with van der Waals surface area (Å²) in [5.74, 6) is 0.539. The van der Waals surface area contributed by atoms with Gasteiger partial charge < -0.3 is 21.9 Å². The van der Waals surface area contributed by atoms with Gasteiger partial charge in [0.2, 0.25) is 5.91 Å². The third-order valence-corrected chi connectivity index (χ3v) is 5.40. The van der Waals surface area contributed by atoms with E-state index >= 15 is 0 Å². The molecule has 1 aromatic heterocycles. The SMILES string of the molecule is CC[C@@H](N)CNc1nc(-c2cc(-c3ccccc3C(N)=O)ccc2O)nc2ccccc12. The van der Waals surface area contributed by atoms with Gasteiger partial charge in [0.25, 0.3) is 0 Å². The van der Waals surface area contributed by atoms with Crippen LogP contribution in [0.1, 0.15) is 23.7 Å². The normalized spacial score (nSPS) is 11.9. The van der Waals surface area contributed by atoms with Gasteiger partial charge in [-0.05, 0) is 47.9 Å². The number of anilines is 1. The lowest BCUT2D eigenvalue weighted by atomic mass is 9.97.